The Morgan fingerprint density at radius 2 is 1.88 bits per heavy atom. The van der Waals surface area contributed by atoms with E-state index in [9.17, 15) is 14.4 Å². The molecule has 0 bridgehead atoms. The van der Waals surface area contributed by atoms with Crippen molar-refractivity contribution in [2.45, 2.75) is 13.1 Å². The second-order valence-electron chi connectivity index (χ2n) is 7.08. The number of benzene rings is 1. The lowest BCUT2D eigenvalue weighted by Gasteiger charge is -2.11. The van der Waals surface area contributed by atoms with E-state index in [-0.39, 0.29) is 30.1 Å². The molecule has 5 rings (SSSR count). The van der Waals surface area contributed by atoms with Gasteiger partial charge in [-0.1, -0.05) is 0 Å². The highest BCUT2D eigenvalue weighted by Crippen LogP contribution is 2.26. The van der Waals surface area contributed by atoms with Gasteiger partial charge in [-0.25, -0.2) is 4.98 Å². The number of rotatable bonds is 6. The molecule has 0 radical (unpaired) electrons. The molecule has 1 aliphatic rings. The van der Waals surface area contributed by atoms with E-state index in [2.05, 4.69) is 15.3 Å². The van der Waals surface area contributed by atoms with Crippen molar-refractivity contribution in [2.75, 3.05) is 0 Å². The number of carbonyl (C=O) groups excluding carboxylic acids is 3. The van der Waals surface area contributed by atoms with E-state index in [0.717, 1.165) is 21.2 Å². The van der Waals surface area contributed by atoms with Crippen LogP contribution in [0.5, 0.6) is 0 Å². The van der Waals surface area contributed by atoms with E-state index in [0.29, 0.717) is 11.3 Å². The lowest BCUT2D eigenvalue weighted by atomic mass is 10.1. The minimum absolute atomic E-state index is 0.0464. The summed E-state index contributed by atoms with van der Waals surface area (Å²) in [5, 5.41) is 5.49. The summed E-state index contributed by atoms with van der Waals surface area (Å²) in [6.07, 6.45) is 4.88. The molecule has 32 heavy (non-hydrogen) atoms. The SMILES string of the molecule is O=C(NCc1nc(-c2ccncc2)cs1)c1ccc2c(c1)C(=O)N(Cc1ccco1)C2=O. The fraction of sp³-hybridized carbons (Fsp3) is 0.0870. The molecule has 1 N–H and O–H groups in total. The Kier molecular flexibility index (Phi) is 5.08. The first-order valence-electron chi connectivity index (χ1n) is 9.76. The molecule has 3 amide bonds. The van der Waals surface area contributed by atoms with Gasteiger partial charge in [0.05, 0.1) is 36.2 Å². The van der Waals surface area contributed by atoms with E-state index < -0.39 is 11.8 Å². The predicted octanol–water partition coefficient (Wildman–Crippen LogP) is 3.52. The van der Waals surface area contributed by atoms with Crippen LogP contribution >= 0.6 is 11.3 Å². The number of nitrogens with zero attached hydrogens (tertiary/aromatic N) is 3. The Bertz CT molecular complexity index is 1320. The van der Waals surface area contributed by atoms with Gasteiger partial charge in [0.25, 0.3) is 17.7 Å². The summed E-state index contributed by atoms with van der Waals surface area (Å²) >= 11 is 1.44. The second-order valence-corrected chi connectivity index (χ2v) is 8.02. The Hall–Kier alpha value is -4.11. The maximum Gasteiger partial charge on any atom is 0.261 e. The van der Waals surface area contributed by atoms with E-state index in [1.807, 2.05) is 17.5 Å². The average Bonchev–Trinajstić information content (AvgIpc) is 3.56. The normalized spacial score (nSPS) is 12.8. The van der Waals surface area contributed by atoms with Crippen LogP contribution in [0.1, 0.15) is 41.8 Å². The van der Waals surface area contributed by atoms with E-state index in [1.54, 1.807) is 30.6 Å². The largest absolute Gasteiger partial charge is 0.467 e. The summed E-state index contributed by atoms with van der Waals surface area (Å²) in [6.45, 7) is 0.300. The Labute approximate surface area is 186 Å². The molecule has 158 valence electrons. The summed E-state index contributed by atoms with van der Waals surface area (Å²) < 4.78 is 5.24. The summed E-state index contributed by atoms with van der Waals surface area (Å²) in [6, 6.07) is 11.6. The molecule has 9 heteroatoms. The smallest absolute Gasteiger partial charge is 0.261 e. The molecule has 8 nitrogen and oxygen atoms in total. The van der Waals surface area contributed by atoms with Crippen LogP contribution in [-0.4, -0.2) is 32.6 Å². The molecule has 4 heterocycles. The monoisotopic (exact) mass is 444 g/mol. The number of amides is 3. The number of hydrogen-bond donors (Lipinski definition) is 1. The van der Waals surface area contributed by atoms with Gasteiger partial charge < -0.3 is 9.73 Å². The van der Waals surface area contributed by atoms with Gasteiger partial charge in [0.15, 0.2) is 0 Å². The number of thiazole rings is 1. The van der Waals surface area contributed by atoms with Crippen LogP contribution in [0, 0.1) is 0 Å². The van der Waals surface area contributed by atoms with Crippen molar-refractivity contribution in [1.82, 2.24) is 20.2 Å². The number of pyridine rings is 1. The molecular weight excluding hydrogens is 428 g/mol. The summed E-state index contributed by atoms with van der Waals surface area (Å²) in [5.41, 5.74) is 2.56. The number of nitrogens with one attached hydrogen (secondary N) is 1. The number of hydrogen-bond acceptors (Lipinski definition) is 7. The van der Waals surface area contributed by atoms with Crippen LogP contribution in [0.15, 0.2) is 70.9 Å². The number of carbonyl (C=O) groups is 3. The zero-order valence-corrected chi connectivity index (χ0v) is 17.5. The van der Waals surface area contributed by atoms with Crippen LogP contribution in [0.2, 0.25) is 0 Å². The number of furan rings is 1. The van der Waals surface area contributed by atoms with E-state index in [1.165, 1.54) is 29.7 Å². The lowest BCUT2D eigenvalue weighted by Crippen LogP contribution is -2.28. The van der Waals surface area contributed by atoms with Gasteiger partial charge in [0.1, 0.15) is 10.8 Å². The van der Waals surface area contributed by atoms with Gasteiger partial charge in [-0.2, -0.15) is 0 Å². The predicted molar refractivity (Wildman–Crippen MR) is 116 cm³/mol. The fourth-order valence-electron chi connectivity index (χ4n) is 3.44. The highest BCUT2D eigenvalue weighted by Gasteiger charge is 2.36. The Morgan fingerprint density at radius 3 is 2.66 bits per heavy atom. The minimum atomic E-state index is -0.446. The van der Waals surface area contributed by atoms with Gasteiger partial charge in [-0.15, -0.1) is 11.3 Å². The zero-order valence-electron chi connectivity index (χ0n) is 16.6. The lowest BCUT2D eigenvalue weighted by molar-refractivity contribution is 0.0631. The Morgan fingerprint density at radius 1 is 1.06 bits per heavy atom. The van der Waals surface area contributed by atoms with Crippen molar-refractivity contribution in [3.63, 3.8) is 0 Å². The van der Waals surface area contributed by atoms with E-state index >= 15 is 0 Å². The van der Waals surface area contributed by atoms with Gasteiger partial charge in [-0.05, 0) is 42.5 Å². The molecular formula is C23H16N4O4S. The van der Waals surface area contributed by atoms with Crippen molar-refractivity contribution in [1.29, 1.82) is 0 Å². The molecule has 1 aromatic carbocycles. The molecule has 0 fully saturated rings. The first-order chi connectivity index (χ1) is 15.6. The molecule has 0 saturated heterocycles. The average molecular weight is 444 g/mol. The highest BCUT2D eigenvalue weighted by atomic mass is 32.1. The second kappa shape index (κ2) is 8.20. The highest BCUT2D eigenvalue weighted by molar-refractivity contribution is 7.09. The summed E-state index contributed by atoms with van der Waals surface area (Å²) in [7, 11) is 0. The van der Waals surface area contributed by atoms with Crippen molar-refractivity contribution in [2.24, 2.45) is 0 Å². The maximum absolute atomic E-state index is 12.7. The van der Waals surface area contributed by atoms with Crippen molar-refractivity contribution in [3.05, 3.63) is 94.0 Å². The summed E-state index contributed by atoms with van der Waals surface area (Å²) in [5.74, 6) is -0.692. The summed E-state index contributed by atoms with van der Waals surface area (Å²) in [4.78, 5) is 47.6. The molecule has 0 saturated carbocycles. The number of aromatic nitrogens is 2. The van der Waals surface area contributed by atoms with Crippen molar-refractivity contribution in [3.8, 4) is 11.3 Å². The van der Waals surface area contributed by atoms with Crippen molar-refractivity contribution >= 4 is 29.1 Å². The quantitative estimate of drug-likeness (QED) is 0.456. The van der Waals surface area contributed by atoms with Gasteiger partial charge in [-0.3, -0.25) is 24.3 Å². The van der Waals surface area contributed by atoms with Gasteiger partial charge >= 0.3 is 0 Å². The molecule has 3 aromatic heterocycles. The topological polar surface area (TPSA) is 105 Å². The third kappa shape index (κ3) is 3.69. The standard InChI is InChI=1S/C23H16N4O4S/c28-21(25-11-20-26-19(13-32-20)14-5-7-24-8-6-14)15-3-4-17-18(10-15)23(30)27(22(17)29)12-16-2-1-9-31-16/h1-10,13H,11-12H2,(H,25,28). The van der Waals surface area contributed by atoms with Crippen molar-refractivity contribution < 1.29 is 18.8 Å². The van der Waals surface area contributed by atoms with Gasteiger partial charge in [0.2, 0.25) is 0 Å². The molecule has 0 atom stereocenters. The maximum atomic E-state index is 12.7. The third-order valence-corrected chi connectivity index (χ3v) is 5.90. The first-order valence-corrected chi connectivity index (χ1v) is 10.6. The van der Waals surface area contributed by atoms with Crippen LogP contribution in [0.25, 0.3) is 11.3 Å². The number of imide groups is 1. The molecule has 0 aliphatic carbocycles. The number of fused-ring (bicyclic) bond motifs is 1. The Balaban J connectivity index is 1.27. The zero-order chi connectivity index (χ0) is 22.1. The van der Waals surface area contributed by atoms with Crippen LogP contribution in [0.3, 0.4) is 0 Å². The van der Waals surface area contributed by atoms with Gasteiger partial charge in [0, 0.05) is 28.9 Å². The fourth-order valence-corrected chi connectivity index (χ4v) is 4.18. The molecule has 0 unspecified atom stereocenters. The molecule has 4 aromatic rings. The van der Waals surface area contributed by atoms with Crippen LogP contribution in [-0.2, 0) is 13.1 Å². The van der Waals surface area contributed by atoms with Crippen LogP contribution in [0.4, 0.5) is 0 Å². The van der Waals surface area contributed by atoms with E-state index in [4.69, 9.17) is 4.42 Å². The third-order valence-electron chi connectivity index (χ3n) is 5.05. The first kappa shape index (κ1) is 19.8. The van der Waals surface area contributed by atoms with Crippen LogP contribution < -0.4 is 5.32 Å². The molecule has 1 aliphatic heterocycles. The minimum Gasteiger partial charge on any atom is -0.467 e. The molecule has 0 spiro atoms.